The van der Waals surface area contributed by atoms with Crippen LogP contribution >= 0.6 is 0 Å². The molecule has 1 aromatic rings. The summed E-state index contributed by atoms with van der Waals surface area (Å²) in [5.74, 6) is -4.02. The van der Waals surface area contributed by atoms with Gasteiger partial charge in [0.2, 0.25) is 0 Å². The van der Waals surface area contributed by atoms with Crippen LogP contribution in [-0.4, -0.2) is 25.7 Å². The first-order chi connectivity index (χ1) is 8.12. The minimum absolute atomic E-state index is 0.447. The van der Waals surface area contributed by atoms with Crippen LogP contribution in [0.5, 0.6) is 0 Å². The van der Waals surface area contributed by atoms with Gasteiger partial charge in [0, 0.05) is 17.9 Å². The third-order valence-corrected chi connectivity index (χ3v) is 3.34. The Morgan fingerprint density at radius 3 is 2.44 bits per heavy atom. The summed E-state index contributed by atoms with van der Waals surface area (Å²) in [4.78, 5) is 10.00. The third kappa shape index (κ3) is 3.23. The standard InChI is InChI=1S/C10H11F2NO4S/c1-18(16,17)5-2-6(8(13)4-9(14)15)10(12)7(11)3-5/h2-3,8H,4,13H2,1H3,(H,14,15). The van der Waals surface area contributed by atoms with Crippen LogP contribution in [0.4, 0.5) is 8.78 Å². The van der Waals surface area contributed by atoms with E-state index in [1.165, 1.54) is 0 Å². The zero-order valence-corrected chi connectivity index (χ0v) is 10.2. The lowest BCUT2D eigenvalue weighted by Gasteiger charge is -2.12. The fourth-order valence-electron chi connectivity index (χ4n) is 1.37. The van der Waals surface area contributed by atoms with E-state index in [4.69, 9.17) is 10.8 Å². The van der Waals surface area contributed by atoms with Crippen LogP contribution in [0.25, 0.3) is 0 Å². The van der Waals surface area contributed by atoms with E-state index in [-0.39, 0.29) is 0 Å². The maximum absolute atomic E-state index is 13.4. The number of hydrogen-bond donors (Lipinski definition) is 2. The van der Waals surface area contributed by atoms with Gasteiger partial charge in [0.1, 0.15) is 0 Å². The van der Waals surface area contributed by atoms with E-state index in [0.717, 1.165) is 12.3 Å². The molecular weight excluding hydrogens is 268 g/mol. The number of aliphatic carboxylic acids is 1. The Balaban J connectivity index is 3.35. The number of carboxylic acid groups (broad SMARTS) is 1. The molecule has 0 fully saturated rings. The third-order valence-electron chi connectivity index (χ3n) is 2.25. The quantitative estimate of drug-likeness (QED) is 0.796. The average molecular weight is 279 g/mol. The Hall–Kier alpha value is -1.54. The second-order valence-corrected chi connectivity index (χ2v) is 5.80. The second-order valence-electron chi connectivity index (χ2n) is 3.78. The van der Waals surface area contributed by atoms with Crippen molar-refractivity contribution >= 4 is 15.8 Å². The van der Waals surface area contributed by atoms with Gasteiger partial charge in [0.05, 0.1) is 11.3 Å². The van der Waals surface area contributed by atoms with Crippen molar-refractivity contribution in [3.8, 4) is 0 Å². The number of hydrogen-bond acceptors (Lipinski definition) is 4. The van der Waals surface area contributed by atoms with Crippen molar-refractivity contribution in [1.82, 2.24) is 0 Å². The van der Waals surface area contributed by atoms with E-state index in [0.29, 0.717) is 6.07 Å². The predicted octanol–water partition coefficient (Wildman–Crippen LogP) is 0.843. The van der Waals surface area contributed by atoms with Gasteiger partial charge in [-0.25, -0.2) is 17.2 Å². The number of sulfone groups is 1. The van der Waals surface area contributed by atoms with E-state index < -0.39 is 50.4 Å². The van der Waals surface area contributed by atoms with Gasteiger partial charge in [-0.05, 0) is 12.1 Å². The Labute approximate surface area is 102 Å². The molecule has 8 heteroatoms. The van der Waals surface area contributed by atoms with Crippen LogP contribution in [-0.2, 0) is 14.6 Å². The number of nitrogens with two attached hydrogens (primary N) is 1. The normalized spacial score (nSPS) is 13.3. The van der Waals surface area contributed by atoms with Crippen molar-refractivity contribution in [2.75, 3.05) is 6.26 Å². The molecule has 0 aliphatic rings. The number of halogens is 2. The molecule has 0 bridgehead atoms. The molecule has 100 valence electrons. The first-order valence-electron chi connectivity index (χ1n) is 4.79. The van der Waals surface area contributed by atoms with Crippen molar-refractivity contribution in [3.05, 3.63) is 29.3 Å². The van der Waals surface area contributed by atoms with Crippen molar-refractivity contribution in [3.63, 3.8) is 0 Å². The molecule has 0 radical (unpaired) electrons. The van der Waals surface area contributed by atoms with Crippen LogP contribution < -0.4 is 5.73 Å². The van der Waals surface area contributed by atoms with Gasteiger partial charge >= 0.3 is 5.97 Å². The Morgan fingerprint density at radius 2 is 2.00 bits per heavy atom. The van der Waals surface area contributed by atoms with Crippen molar-refractivity contribution in [2.24, 2.45) is 5.73 Å². The average Bonchev–Trinajstić information content (AvgIpc) is 2.18. The van der Waals surface area contributed by atoms with Gasteiger partial charge in [-0.15, -0.1) is 0 Å². The zero-order valence-electron chi connectivity index (χ0n) is 9.35. The fraction of sp³-hybridized carbons (Fsp3) is 0.300. The molecule has 0 aliphatic carbocycles. The molecule has 0 spiro atoms. The predicted molar refractivity (Wildman–Crippen MR) is 58.6 cm³/mol. The second kappa shape index (κ2) is 4.99. The molecule has 1 atom stereocenters. The van der Waals surface area contributed by atoms with E-state index in [1.807, 2.05) is 0 Å². The summed E-state index contributed by atoms with van der Waals surface area (Å²) in [7, 11) is -3.74. The van der Waals surface area contributed by atoms with Gasteiger partial charge < -0.3 is 10.8 Å². The first kappa shape index (κ1) is 14.5. The monoisotopic (exact) mass is 279 g/mol. The van der Waals surface area contributed by atoms with Crippen molar-refractivity contribution in [2.45, 2.75) is 17.4 Å². The summed E-state index contributed by atoms with van der Waals surface area (Å²) in [6, 6.07) is 0.0573. The summed E-state index contributed by atoms with van der Waals surface area (Å²) < 4.78 is 49.1. The fourth-order valence-corrected chi connectivity index (χ4v) is 2.02. The van der Waals surface area contributed by atoms with Crippen LogP contribution in [0.15, 0.2) is 17.0 Å². The topological polar surface area (TPSA) is 97.5 Å². The maximum atomic E-state index is 13.4. The summed E-state index contributed by atoms with van der Waals surface area (Å²) in [5.41, 5.74) is 4.92. The first-order valence-corrected chi connectivity index (χ1v) is 6.68. The van der Waals surface area contributed by atoms with E-state index in [2.05, 4.69) is 0 Å². The summed E-state index contributed by atoms with van der Waals surface area (Å²) >= 11 is 0. The summed E-state index contributed by atoms with van der Waals surface area (Å²) in [6.07, 6.45) is 0.190. The molecule has 1 unspecified atom stereocenters. The summed E-state index contributed by atoms with van der Waals surface area (Å²) in [5, 5.41) is 8.52. The van der Waals surface area contributed by atoms with Gasteiger partial charge in [0.15, 0.2) is 21.5 Å². The van der Waals surface area contributed by atoms with Crippen molar-refractivity contribution in [1.29, 1.82) is 0 Å². The number of carbonyl (C=O) groups is 1. The van der Waals surface area contributed by atoms with E-state index >= 15 is 0 Å². The lowest BCUT2D eigenvalue weighted by molar-refractivity contribution is -0.137. The molecule has 1 aromatic carbocycles. The zero-order chi connectivity index (χ0) is 14.1. The highest BCUT2D eigenvalue weighted by molar-refractivity contribution is 7.90. The molecule has 1 rings (SSSR count). The molecule has 0 amide bonds. The molecule has 0 heterocycles. The smallest absolute Gasteiger partial charge is 0.305 e. The SMILES string of the molecule is CS(=O)(=O)c1cc(F)c(F)c(C(N)CC(=O)O)c1. The number of carboxylic acids is 1. The molecule has 3 N–H and O–H groups in total. The molecule has 0 aromatic heterocycles. The highest BCUT2D eigenvalue weighted by atomic mass is 32.2. The molecule has 5 nitrogen and oxygen atoms in total. The van der Waals surface area contributed by atoms with Gasteiger partial charge in [-0.1, -0.05) is 0 Å². The minimum Gasteiger partial charge on any atom is -0.481 e. The Kier molecular flexibility index (Phi) is 4.02. The van der Waals surface area contributed by atoms with Gasteiger partial charge in [-0.2, -0.15) is 0 Å². The van der Waals surface area contributed by atoms with Gasteiger partial charge in [-0.3, -0.25) is 4.79 Å². The molecule has 0 aliphatic heterocycles. The lowest BCUT2D eigenvalue weighted by Crippen LogP contribution is -2.18. The van der Waals surface area contributed by atoms with Crippen LogP contribution in [0.1, 0.15) is 18.0 Å². The Morgan fingerprint density at radius 1 is 1.44 bits per heavy atom. The Bertz CT molecular complexity index is 586. The largest absolute Gasteiger partial charge is 0.481 e. The molecule has 18 heavy (non-hydrogen) atoms. The molecular formula is C10H11F2NO4S. The maximum Gasteiger partial charge on any atom is 0.305 e. The van der Waals surface area contributed by atoms with Crippen LogP contribution in [0.2, 0.25) is 0 Å². The van der Waals surface area contributed by atoms with E-state index in [1.54, 1.807) is 0 Å². The molecule has 0 saturated carbocycles. The van der Waals surface area contributed by atoms with Gasteiger partial charge in [0.25, 0.3) is 0 Å². The minimum atomic E-state index is -3.74. The lowest BCUT2D eigenvalue weighted by atomic mass is 10.0. The van der Waals surface area contributed by atoms with E-state index in [9.17, 15) is 22.0 Å². The van der Waals surface area contributed by atoms with Crippen LogP contribution in [0.3, 0.4) is 0 Å². The molecule has 0 saturated heterocycles. The number of rotatable bonds is 4. The van der Waals surface area contributed by atoms with Crippen molar-refractivity contribution < 1.29 is 27.1 Å². The highest BCUT2D eigenvalue weighted by Gasteiger charge is 2.21. The summed E-state index contributed by atoms with van der Waals surface area (Å²) in [6.45, 7) is 0. The highest BCUT2D eigenvalue weighted by Crippen LogP contribution is 2.24. The van der Waals surface area contributed by atoms with Crippen LogP contribution in [0, 0.1) is 11.6 Å². The number of benzene rings is 1.